The zero-order valence-electron chi connectivity index (χ0n) is 8.00. The molecule has 0 saturated heterocycles. The minimum Gasteiger partial charge on any atom is -0.479 e. The Morgan fingerprint density at radius 1 is 1.42 bits per heavy atom. The number of rotatable bonds is 3. The van der Waals surface area contributed by atoms with Crippen molar-refractivity contribution in [2.45, 2.75) is 26.7 Å². The second kappa shape index (κ2) is 3.61. The highest BCUT2D eigenvalue weighted by molar-refractivity contribution is 5.14. The van der Waals surface area contributed by atoms with E-state index in [4.69, 9.17) is 9.26 Å². The van der Waals surface area contributed by atoms with Crippen molar-refractivity contribution in [1.82, 2.24) is 5.16 Å². The quantitative estimate of drug-likeness (QED) is 0.697. The Labute approximate surface area is 72.7 Å². The molecule has 0 aromatic carbocycles. The normalized spacial score (nSPS) is 13.4. The first kappa shape index (κ1) is 9.10. The number of methoxy groups -OCH3 is 1. The molecule has 0 amide bonds. The SMILES string of the molecule is COc1cc(C(C)C(C)C)on1. The van der Waals surface area contributed by atoms with Crippen molar-refractivity contribution in [2.75, 3.05) is 7.11 Å². The van der Waals surface area contributed by atoms with Gasteiger partial charge in [-0.1, -0.05) is 20.8 Å². The fourth-order valence-corrected chi connectivity index (χ4v) is 0.911. The first-order chi connectivity index (χ1) is 5.65. The minimum absolute atomic E-state index is 0.390. The van der Waals surface area contributed by atoms with Gasteiger partial charge < -0.3 is 9.26 Å². The molecular formula is C9H15NO2. The Bertz CT molecular complexity index is 242. The third-order valence-corrected chi connectivity index (χ3v) is 2.16. The molecule has 0 N–H and O–H groups in total. The number of hydrogen-bond donors (Lipinski definition) is 0. The predicted octanol–water partition coefficient (Wildman–Crippen LogP) is 2.44. The van der Waals surface area contributed by atoms with Crippen LogP contribution in [0.4, 0.5) is 0 Å². The third kappa shape index (κ3) is 1.78. The highest BCUT2D eigenvalue weighted by Gasteiger charge is 2.15. The Hall–Kier alpha value is -0.990. The zero-order valence-corrected chi connectivity index (χ0v) is 8.00. The van der Waals surface area contributed by atoms with Crippen molar-refractivity contribution in [3.63, 3.8) is 0 Å². The molecule has 1 rings (SSSR count). The van der Waals surface area contributed by atoms with Gasteiger partial charge >= 0.3 is 0 Å². The van der Waals surface area contributed by atoms with Crippen LogP contribution < -0.4 is 4.74 Å². The van der Waals surface area contributed by atoms with Gasteiger partial charge in [0.2, 0.25) is 0 Å². The van der Waals surface area contributed by atoms with Gasteiger partial charge in [0.1, 0.15) is 5.76 Å². The van der Waals surface area contributed by atoms with Gasteiger partial charge in [-0.25, -0.2) is 0 Å². The largest absolute Gasteiger partial charge is 0.479 e. The van der Waals surface area contributed by atoms with E-state index >= 15 is 0 Å². The number of hydrogen-bond acceptors (Lipinski definition) is 3. The van der Waals surface area contributed by atoms with Gasteiger partial charge in [0, 0.05) is 12.0 Å². The van der Waals surface area contributed by atoms with Gasteiger partial charge in [0.15, 0.2) is 0 Å². The zero-order chi connectivity index (χ0) is 9.14. The summed E-state index contributed by atoms with van der Waals surface area (Å²) < 4.78 is 10.0. The number of nitrogens with zero attached hydrogens (tertiary/aromatic N) is 1. The van der Waals surface area contributed by atoms with Crippen molar-refractivity contribution in [3.05, 3.63) is 11.8 Å². The fraction of sp³-hybridized carbons (Fsp3) is 0.667. The van der Waals surface area contributed by atoms with E-state index in [-0.39, 0.29) is 0 Å². The maximum atomic E-state index is 5.10. The van der Waals surface area contributed by atoms with E-state index in [1.807, 2.05) is 6.07 Å². The molecule has 0 saturated carbocycles. The molecule has 1 atom stereocenters. The molecule has 12 heavy (non-hydrogen) atoms. The van der Waals surface area contributed by atoms with Crippen molar-refractivity contribution in [1.29, 1.82) is 0 Å². The Morgan fingerprint density at radius 2 is 2.08 bits per heavy atom. The van der Waals surface area contributed by atoms with E-state index in [0.717, 1.165) is 5.76 Å². The van der Waals surface area contributed by atoms with Crippen LogP contribution in [0.3, 0.4) is 0 Å². The Kier molecular flexibility index (Phi) is 2.74. The second-order valence-electron chi connectivity index (χ2n) is 3.30. The number of aromatic nitrogens is 1. The maximum absolute atomic E-state index is 5.10. The molecule has 0 bridgehead atoms. The van der Waals surface area contributed by atoms with Crippen molar-refractivity contribution in [3.8, 4) is 5.88 Å². The van der Waals surface area contributed by atoms with Crippen molar-refractivity contribution < 1.29 is 9.26 Å². The summed E-state index contributed by atoms with van der Waals surface area (Å²) in [6.45, 7) is 6.42. The van der Waals surface area contributed by atoms with E-state index in [1.165, 1.54) is 0 Å². The molecule has 1 unspecified atom stereocenters. The van der Waals surface area contributed by atoms with Crippen LogP contribution >= 0.6 is 0 Å². The summed E-state index contributed by atoms with van der Waals surface area (Å²) in [4.78, 5) is 0. The minimum atomic E-state index is 0.390. The molecular weight excluding hydrogens is 154 g/mol. The topological polar surface area (TPSA) is 35.3 Å². The molecule has 0 aliphatic heterocycles. The van der Waals surface area contributed by atoms with E-state index in [0.29, 0.717) is 17.7 Å². The van der Waals surface area contributed by atoms with E-state index in [2.05, 4.69) is 25.9 Å². The van der Waals surface area contributed by atoms with Gasteiger partial charge in [-0.2, -0.15) is 0 Å². The summed E-state index contributed by atoms with van der Waals surface area (Å²) in [5.41, 5.74) is 0. The maximum Gasteiger partial charge on any atom is 0.254 e. The average Bonchev–Trinajstić information content (AvgIpc) is 2.50. The van der Waals surface area contributed by atoms with Crippen molar-refractivity contribution in [2.24, 2.45) is 5.92 Å². The van der Waals surface area contributed by atoms with Crippen LogP contribution in [0.5, 0.6) is 5.88 Å². The van der Waals surface area contributed by atoms with Crippen LogP contribution in [0.25, 0.3) is 0 Å². The van der Waals surface area contributed by atoms with Crippen LogP contribution in [0.1, 0.15) is 32.4 Å². The monoisotopic (exact) mass is 169 g/mol. The van der Waals surface area contributed by atoms with Gasteiger partial charge in [-0.3, -0.25) is 0 Å². The van der Waals surface area contributed by atoms with Gasteiger partial charge in [0.25, 0.3) is 5.88 Å². The predicted molar refractivity (Wildman–Crippen MR) is 46.3 cm³/mol. The van der Waals surface area contributed by atoms with Crippen LogP contribution in [0.15, 0.2) is 10.6 Å². The summed E-state index contributed by atoms with van der Waals surface area (Å²) in [6.07, 6.45) is 0. The van der Waals surface area contributed by atoms with Gasteiger partial charge in [-0.05, 0) is 11.1 Å². The molecule has 1 aromatic heterocycles. The first-order valence-electron chi connectivity index (χ1n) is 4.15. The molecule has 0 fully saturated rings. The molecule has 1 heterocycles. The highest BCUT2D eigenvalue weighted by Crippen LogP contribution is 2.25. The lowest BCUT2D eigenvalue weighted by molar-refractivity contribution is 0.307. The van der Waals surface area contributed by atoms with E-state index in [9.17, 15) is 0 Å². The molecule has 1 aromatic rings. The standard InChI is InChI=1S/C9H15NO2/c1-6(2)7(3)8-5-9(11-4)10-12-8/h5-7H,1-4H3. The summed E-state index contributed by atoms with van der Waals surface area (Å²) in [5, 5.41) is 3.74. The van der Waals surface area contributed by atoms with E-state index < -0.39 is 0 Å². The summed E-state index contributed by atoms with van der Waals surface area (Å²) in [7, 11) is 1.58. The van der Waals surface area contributed by atoms with Crippen LogP contribution in [0, 0.1) is 5.92 Å². The number of ether oxygens (including phenoxy) is 1. The van der Waals surface area contributed by atoms with Crippen LogP contribution in [-0.4, -0.2) is 12.3 Å². The summed E-state index contributed by atoms with van der Waals surface area (Å²) in [6, 6.07) is 1.84. The van der Waals surface area contributed by atoms with Crippen LogP contribution in [0.2, 0.25) is 0 Å². The van der Waals surface area contributed by atoms with Crippen molar-refractivity contribution >= 4 is 0 Å². The summed E-state index contributed by atoms with van der Waals surface area (Å²) in [5.74, 6) is 2.39. The smallest absolute Gasteiger partial charge is 0.254 e. The van der Waals surface area contributed by atoms with E-state index in [1.54, 1.807) is 7.11 Å². The highest BCUT2D eigenvalue weighted by atomic mass is 16.5. The molecule has 3 nitrogen and oxygen atoms in total. The molecule has 3 heteroatoms. The summed E-state index contributed by atoms with van der Waals surface area (Å²) >= 11 is 0. The van der Waals surface area contributed by atoms with Gasteiger partial charge in [-0.15, -0.1) is 0 Å². The average molecular weight is 169 g/mol. The first-order valence-corrected chi connectivity index (χ1v) is 4.15. The lowest BCUT2D eigenvalue weighted by Crippen LogP contribution is -1.99. The third-order valence-electron chi connectivity index (χ3n) is 2.16. The van der Waals surface area contributed by atoms with Crippen LogP contribution in [-0.2, 0) is 0 Å². The molecule has 0 radical (unpaired) electrons. The molecule has 0 aliphatic rings. The Balaban J connectivity index is 2.74. The van der Waals surface area contributed by atoms with Gasteiger partial charge in [0.05, 0.1) is 7.11 Å². The molecule has 0 spiro atoms. The second-order valence-corrected chi connectivity index (χ2v) is 3.30. The molecule has 0 aliphatic carbocycles. The Morgan fingerprint density at radius 3 is 2.50 bits per heavy atom. The lowest BCUT2D eigenvalue weighted by atomic mass is 9.96. The molecule has 68 valence electrons. The lowest BCUT2D eigenvalue weighted by Gasteiger charge is -2.09. The fourth-order valence-electron chi connectivity index (χ4n) is 0.911.